The maximum atomic E-state index is 11.9. The molecule has 0 atom stereocenters. The number of amides is 1. The second-order valence-electron chi connectivity index (χ2n) is 4.88. The average molecular weight is 247 g/mol. The number of aromatic nitrogens is 1. The van der Waals surface area contributed by atoms with Gasteiger partial charge in [-0.2, -0.15) is 5.26 Å². The molecule has 1 fully saturated rings. The molecule has 5 heteroatoms. The summed E-state index contributed by atoms with van der Waals surface area (Å²) in [6, 6.07) is 3.76. The minimum absolute atomic E-state index is 0.224. The van der Waals surface area contributed by atoms with Gasteiger partial charge in [0.15, 0.2) is 5.69 Å². The van der Waals surface area contributed by atoms with Gasteiger partial charge in [0.05, 0.1) is 6.07 Å². The van der Waals surface area contributed by atoms with Crippen LogP contribution < -0.4 is 5.32 Å². The molecule has 0 unspecified atom stereocenters. The van der Waals surface area contributed by atoms with Crippen molar-refractivity contribution < 1.29 is 9.32 Å². The molecule has 1 heterocycles. The maximum Gasteiger partial charge on any atom is 0.274 e. The van der Waals surface area contributed by atoms with E-state index < -0.39 is 5.54 Å². The quantitative estimate of drug-likeness (QED) is 0.888. The predicted octanol–water partition coefficient (Wildman–Crippen LogP) is 2.27. The number of nitrogens with zero attached hydrogens (tertiary/aromatic N) is 2. The van der Waals surface area contributed by atoms with E-state index in [-0.39, 0.29) is 11.6 Å². The number of nitrogens with one attached hydrogen (secondary N) is 1. The Morgan fingerprint density at radius 3 is 2.89 bits per heavy atom. The van der Waals surface area contributed by atoms with E-state index in [4.69, 9.17) is 0 Å². The van der Waals surface area contributed by atoms with Crippen LogP contribution in [0, 0.1) is 17.2 Å². The van der Waals surface area contributed by atoms with Gasteiger partial charge in [-0.1, -0.05) is 18.5 Å². The highest BCUT2D eigenvalue weighted by Crippen LogP contribution is 2.33. The summed E-state index contributed by atoms with van der Waals surface area (Å²) in [5.74, 6) is 0.343. The lowest BCUT2D eigenvalue weighted by atomic mass is 9.76. The van der Waals surface area contributed by atoms with E-state index in [2.05, 4.69) is 28.0 Å². The fraction of sp³-hybridized carbons (Fsp3) is 0.615. The van der Waals surface area contributed by atoms with Crippen LogP contribution >= 0.6 is 0 Å². The van der Waals surface area contributed by atoms with Crippen LogP contribution in [0.4, 0.5) is 0 Å². The van der Waals surface area contributed by atoms with E-state index in [0.717, 1.165) is 19.3 Å². The standard InChI is InChI=1S/C13H17N3O2/c1-2-10-3-6-13(9-14,7-4-10)15-12(17)11-5-8-18-16-11/h5,8,10H,2-4,6-7H2,1H3,(H,15,17). The Hall–Kier alpha value is -1.83. The van der Waals surface area contributed by atoms with E-state index >= 15 is 0 Å². The molecule has 1 N–H and O–H groups in total. The molecule has 0 saturated heterocycles. The first kappa shape index (κ1) is 12.6. The van der Waals surface area contributed by atoms with Crippen molar-refractivity contribution in [2.45, 2.75) is 44.6 Å². The lowest BCUT2D eigenvalue weighted by Crippen LogP contribution is -2.49. The van der Waals surface area contributed by atoms with Crippen LogP contribution in [-0.4, -0.2) is 16.6 Å². The van der Waals surface area contributed by atoms with Crippen molar-refractivity contribution in [1.29, 1.82) is 5.26 Å². The van der Waals surface area contributed by atoms with Gasteiger partial charge in [-0.25, -0.2) is 0 Å². The summed E-state index contributed by atoms with van der Waals surface area (Å²) in [6.45, 7) is 2.16. The number of rotatable bonds is 3. The fourth-order valence-electron chi connectivity index (χ4n) is 2.45. The molecule has 18 heavy (non-hydrogen) atoms. The molecule has 0 bridgehead atoms. The molecular weight excluding hydrogens is 230 g/mol. The van der Waals surface area contributed by atoms with Gasteiger partial charge < -0.3 is 9.84 Å². The van der Waals surface area contributed by atoms with Crippen LogP contribution in [-0.2, 0) is 0 Å². The third-order valence-electron chi connectivity index (χ3n) is 3.77. The van der Waals surface area contributed by atoms with Crippen molar-refractivity contribution in [2.75, 3.05) is 0 Å². The Bertz CT molecular complexity index is 439. The zero-order valence-electron chi connectivity index (χ0n) is 10.5. The summed E-state index contributed by atoms with van der Waals surface area (Å²) < 4.78 is 4.63. The average Bonchev–Trinajstić information content (AvgIpc) is 2.93. The molecule has 1 aliphatic rings. The second kappa shape index (κ2) is 5.21. The molecule has 1 aromatic heterocycles. The molecule has 96 valence electrons. The maximum absolute atomic E-state index is 11.9. The molecular formula is C13H17N3O2. The molecule has 1 aliphatic carbocycles. The molecule has 1 saturated carbocycles. The number of hydrogen-bond donors (Lipinski definition) is 1. The van der Waals surface area contributed by atoms with Crippen molar-refractivity contribution in [1.82, 2.24) is 10.5 Å². The monoisotopic (exact) mass is 247 g/mol. The number of carbonyl (C=O) groups is 1. The largest absolute Gasteiger partial charge is 0.364 e. The van der Waals surface area contributed by atoms with Crippen molar-refractivity contribution in [3.8, 4) is 6.07 Å². The third-order valence-corrected chi connectivity index (χ3v) is 3.77. The summed E-state index contributed by atoms with van der Waals surface area (Å²) >= 11 is 0. The first-order valence-electron chi connectivity index (χ1n) is 6.33. The minimum Gasteiger partial charge on any atom is -0.364 e. The van der Waals surface area contributed by atoms with Crippen LogP contribution in [0.2, 0.25) is 0 Å². The first-order valence-corrected chi connectivity index (χ1v) is 6.33. The van der Waals surface area contributed by atoms with Crippen LogP contribution in [0.3, 0.4) is 0 Å². The van der Waals surface area contributed by atoms with Crippen molar-refractivity contribution in [3.05, 3.63) is 18.0 Å². The minimum atomic E-state index is -0.734. The molecule has 5 nitrogen and oxygen atoms in total. The molecule has 0 aliphatic heterocycles. The van der Waals surface area contributed by atoms with Gasteiger partial charge in [0.25, 0.3) is 5.91 Å². The zero-order valence-corrected chi connectivity index (χ0v) is 10.5. The van der Waals surface area contributed by atoms with Crippen LogP contribution in [0.15, 0.2) is 16.9 Å². The summed E-state index contributed by atoms with van der Waals surface area (Å²) in [6.07, 6.45) is 5.89. The van der Waals surface area contributed by atoms with Gasteiger partial charge in [-0.15, -0.1) is 0 Å². The van der Waals surface area contributed by atoms with Crippen LogP contribution in [0.25, 0.3) is 0 Å². The van der Waals surface area contributed by atoms with Gasteiger partial charge in [0.2, 0.25) is 0 Å². The van der Waals surface area contributed by atoms with Crippen LogP contribution in [0.1, 0.15) is 49.5 Å². The second-order valence-corrected chi connectivity index (χ2v) is 4.88. The highest BCUT2D eigenvalue weighted by atomic mass is 16.5. The Morgan fingerprint density at radius 2 is 2.39 bits per heavy atom. The Balaban J connectivity index is 2.02. The van der Waals surface area contributed by atoms with Gasteiger partial charge in [0.1, 0.15) is 11.8 Å². The molecule has 0 aromatic carbocycles. The summed E-state index contributed by atoms with van der Waals surface area (Å²) in [5.41, 5.74) is -0.510. The molecule has 1 aromatic rings. The summed E-state index contributed by atoms with van der Waals surface area (Å²) in [7, 11) is 0. The third kappa shape index (κ3) is 2.53. The van der Waals surface area contributed by atoms with Crippen molar-refractivity contribution in [3.63, 3.8) is 0 Å². The lowest BCUT2D eigenvalue weighted by molar-refractivity contribution is 0.0882. The van der Waals surface area contributed by atoms with E-state index in [0.29, 0.717) is 18.8 Å². The fourth-order valence-corrected chi connectivity index (χ4v) is 2.45. The number of carbonyl (C=O) groups excluding carboxylic acids is 1. The van der Waals surface area contributed by atoms with Crippen LogP contribution in [0.5, 0.6) is 0 Å². The van der Waals surface area contributed by atoms with Gasteiger partial charge >= 0.3 is 0 Å². The normalized spacial score (nSPS) is 27.4. The Morgan fingerprint density at radius 1 is 1.67 bits per heavy atom. The molecule has 0 radical (unpaired) electrons. The topological polar surface area (TPSA) is 78.9 Å². The van der Waals surface area contributed by atoms with Gasteiger partial charge in [-0.3, -0.25) is 4.79 Å². The zero-order chi connectivity index (χ0) is 13.0. The molecule has 0 spiro atoms. The van der Waals surface area contributed by atoms with Gasteiger partial charge in [-0.05, 0) is 31.6 Å². The van der Waals surface area contributed by atoms with E-state index in [1.165, 1.54) is 12.3 Å². The number of hydrogen-bond acceptors (Lipinski definition) is 4. The highest BCUT2D eigenvalue weighted by Gasteiger charge is 2.36. The molecule has 1 amide bonds. The summed E-state index contributed by atoms with van der Waals surface area (Å²) in [5, 5.41) is 15.7. The Kier molecular flexibility index (Phi) is 3.66. The summed E-state index contributed by atoms with van der Waals surface area (Å²) in [4.78, 5) is 11.9. The number of nitriles is 1. The van der Waals surface area contributed by atoms with E-state index in [1.54, 1.807) is 0 Å². The smallest absolute Gasteiger partial charge is 0.274 e. The van der Waals surface area contributed by atoms with Gasteiger partial charge in [0, 0.05) is 6.07 Å². The van der Waals surface area contributed by atoms with E-state index in [1.807, 2.05) is 0 Å². The predicted molar refractivity (Wildman–Crippen MR) is 64.6 cm³/mol. The van der Waals surface area contributed by atoms with Crippen molar-refractivity contribution >= 4 is 5.91 Å². The highest BCUT2D eigenvalue weighted by molar-refractivity contribution is 5.92. The van der Waals surface area contributed by atoms with Crippen molar-refractivity contribution in [2.24, 2.45) is 5.92 Å². The SMILES string of the molecule is CCC1CCC(C#N)(NC(=O)c2ccon2)CC1. The van der Waals surface area contributed by atoms with E-state index in [9.17, 15) is 10.1 Å². The lowest BCUT2D eigenvalue weighted by Gasteiger charge is -2.35. The Labute approximate surface area is 106 Å². The molecule has 2 rings (SSSR count). The first-order chi connectivity index (χ1) is 8.69.